The summed E-state index contributed by atoms with van der Waals surface area (Å²) in [5, 5.41) is 0. The standard InChI is InChI=1S/C19H30Cl2O2/c1-14(2)6-5-7-15(3)8-9-23-19-11-16(12-20)18(22-4)10-17(19)13-21/h10-11,14-15H,5-9,12-13H2,1-4H3/t15-/m1/s1. The first-order chi connectivity index (χ1) is 11.0. The van der Waals surface area contributed by atoms with E-state index in [-0.39, 0.29) is 0 Å². The molecule has 0 fully saturated rings. The molecule has 1 rings (SSSR count). The van der Waals surface area contributed by atoms with E-state index in [0.717, 1.165) is 35.0 Å². The molecule has 0 unspecified atom stereocenters. The molecule has 0 saturated carbocycles. The lowest BCUT2D eigenvalue weighted by Gasteiger charge is -2.16. The van der Waals surface area contributed by atoms with Gasteiger partial charge < -0.3 is 9.47 Å². The van der Waals surface area contributed by atoms with Crippen LogP contribution in [0.25, 0.3) is 0 Å². The number of methoxy groups -OCH3 is 1. The maximum atomic E-state index is 6.03. The van der Waals surface area contributed by atoms with E-state index in [1.807, 2.05) is 12.1 Å². The van der Waals surface area contributed by atoms with Crippen LogP contribution < -0.4 is 9.47 Å². The zero-order valence-corrected chi connectivity index (χ0v) is 16.3. The molecule has 0 bridgehead atoms. The summed E-state index contributed by atoms with van der Waals surface area (Å²) in [5.74, 6) is 3.86. The Balaban J connectivity index is 2.53. The Hall–Kier alpha value is -0.600. The van der Waals surface area contributed by atoms with Gasteiger partial charge in [0.1, 0.15) is 11.5 Å². The maximum Gasteiger partial charge on any atom is 0.124 e. The molecule has 4 heteroatoms. The lowest BCUT2D eigenvalue weighted by molar-refractivity contribution is 0.273. The van der Waals surface area contributed by atoms with Crippen molar-refractivity contribution in [1.82, 2.24) is 0 Å². The summed E-state index contributed by atoms with van der Waals surface area (Å²) < 4.78 is 11.3. The van der Waals surface area contributed by atoms with E-state index in [0.29, 0.717) is 24.3 Å². The molecule has 0 heterocycles. The molecule has 0 aliphatic rings. The van der Waals surface area contributed by atoms with Crippen molar-refractivity contribution in [3.8, 4) is 11.5 Å². The highest BCUT2D eigenvalue weighted by atomic mass is 35.5. The molecule has 1 aromatic carbocycles. The van der Waals surface area contributed by atoms with Crippen molar-refractivity contribution in [2.75, 3.05) is 13.7 Å². The van der Waals surface area contributed by atoms with Gasteiger partial charge in [0.15, 0.2) is 0 Å². The third-order valence-electron chi connectivity index (χ3n) is 4.10. The smallest absolute Gasteiger partial charge is 0.124 e. The van der Waals surface area contributed by atoms with Crippen LogP contribution in [0.2, 0.25) is 0 Å². The highest BCUT2D eigenvalue weighted by molar-refractivity contribution is 6.18. The summed E-state index contributed by atoms with van der Waals surface area (Å²) >= 11 is 12.0. The van der Waals surface area contributed by atoms with Crippen molar-refractivity contribution in [2.24, 2.45) is 11.8 Å². The monoisotopic (exact) mass is 360 g/mol. The van der Waals surface area contributed by atoms with Crippen LogP contribution in [-0.2, 0) is 11.8 Å². The van der Waals surface area contributed by atoms with E-state index >= 15 is 0 Å². The minimum atomic E-state index is 0.397. The second kappa shape index (κ2) is 11.0. The Morgan fingerprint density at radius 2 is 1.52 bits per heavy atom. The summed E-state index contributed by atoms with van der Waals surface area (Å²) in [7, 11) is 1.64. The van der Waals surface area contributed by atoms with E-state index in [1.165, 1.54) is 19.3 Å². The zero-order valence-electron chi connectivity index (χ0n) is 14.8. The first kappa shape index (κ1) is 20.4. The van der Waals surface area contributed by atoms with Crippen LogP contribution in [0.3, 0.4) is 0 Å². The zero-order chi connectivity index (χ0) is 17.2. The number of hydrogen-bond donors (Lipinski definition) is 0. The SMILES string of the molecule is COc1cc(CCl)c(OCC[C@H](C)CCCC(C)C)cc1CCl. The second-order valence-corrected chi connectivity index (χ2v) is 7.14. The summed E-state index contributed by atoms with van der Waals surface area (Å²) in [5.41, 5.74) is 1.88. The molecule has 0 saturated heterocycles. The lowest BCUT2D eigenvalue weighted by atomic mass is 9.98. The van der Waals surface area contributed by atoms with Crippen molar-refractivity contribution in [1.29, 1.82) is 0 Å². The Kier molecular flexibility index (Phi) is 9.81. The van der Waals surface area contributed by atoms with Crippen LogP contribution in [0, 0.1) is 11.8 Å². The van der Waals surface area contributed by atoms with Crippen LogP contribution in [0.1, 0.15) is 57.6 Å². The van der Waals surface area contributed by atoms with E-state index in [9.17, 15) is 0 Å². The van der Waals surface area contributed by atoms with Gasteiger partial charge >= 0.3 is 0 Å². The highest BCUT2D eigenvalue weighted by Crippen LogP contribution is 2.31. The first-order valence-corrected chi connectivity index (χ1v) is 9.53. The number of halogens is 2. The van der Waals surface area contributed by atoms with Crippen LogP contribution >= 0.6 is 23.2 Å². The number of rotatable bonds is 11. The van der Waals surface area contributed by atoms with Crippen molar-refractivity contribution >= 4 is 23.2 Å². The predicted octanol–water partition coefficient (Wildman–Crippen LogP) is 6.40. The molecule has 23 heavy (non-hydrogen) atoms. The molecule has 0 aliphatic heterocycles. The fraction of sp³-hybridized carbons (Fsp3) is 0.684. The molecule has 2 nitrogen and oxygen atoms in total. The highest BCUT2D eigenvalue weighted by Gasteiger charge is 2.11. The predicted molar refractivity (Wildman–Crippen MR) is 100 cm³/mol. The normalized spacial score (nSPS) is 12.5. The van der Waals surface area contributed by atoms with Gasteiger partial charge in [-0.25, -0.2) is 0 Å². The molecule has 0 N–H and O–H groups in total. The third-order valence-corrected chi connectivity index (χ3v) is 4.67. The van der Waals surface area contributed by atoms with Gasteiger partial charge in [-0.1, -0.05) is 40.0 Å². The Morgan fingerprint density at radius 1 is 0.913 bits per heavy atom. The van der Waals surface area contributed by atoms with Crippen molar-refractivity contribution in [3.05, 3.63) is 23.3 Å². The Morgan fingerprint density at radius 3 is 2.09 bits per heavy atom. The van der Waals surface area contributed by atoms with Gasteiger partial charge in [0, 0.05) is 11.1 Å². The van der Waals surface area contributed by atoms with Gasteiger partial charge in [-0.3, -0.25) is 0 Å². The molecular weight excluding hydrogens is 331 g/mol. The van der Waals surface area contributed by atoms with Gasteiger partial charge in [0.2, 0.25) is 0 Å². The minimum Gasteiger partial charge on any atom is -0.496 e. The quantitative estimate of drug-likeness (QED) is 0.424. The van der Waals surface area contributed by atoms with Crippen molar-refractivity contribution in [2.45, 2.75) is 58.2 Å². The number of ether oxygens (including phenoxy) is 2. The largest absolute Gasteiger partial charge is 0.496 e. The fourth-order valence-corrected chi connectivity index (χ4v) is 2.98. The topological polar surface area (TPSA) is 18.5 Å². The molecule has 0 aromatic heterocycles. The lowest BCUT2D eigenvalue weighted by Crippen LogP contribution is -2.06. The fourth-order valence-electron chi connectivity index (χ4n) is 2.57. The summed E-state index contributed by atoms with van der Waals surface area (Å²) in [4.78, 5) is 0. The van der Waals surface area contributed by atoms with Crippen LogP contribution in [0.4, 0.5) is 0 Å². The molecule has 0 amide bonds. The van der Waals surface area contributed by atoms with Gasteiger partial charge in [0.25, 0.3) is 0 Å². The van der Waals surface area contributed by atoms with Crippen molar-refractivity contribution < 1.29 is 9.47 Å². The molecular formula is C19H30Cl2O2. The first-order valence-electron chi connectivity index (χ1n) is 8.46. The maximum absolute atomic E-state index is 6.03. The second-order valence-electron chi connectivity index (χ2n) is 6.61. The van der Waals surface area contributed by atoms with Gasteiger partial charge in [0.05, 0.1) is 25.5 Å². The number of hydrogen-bond acceptors (Lipinski definition) is 2. The van der Waals surface area contributed by atoms with Crippen LogP contribution in [0.15, 0.2) is 12.1 Å². The van der Waals surface area contributed by atoms with Gasteiger partial charge in [-0.05, 0) is 30.4 Å². The minimum absolute atomic E-state index is 0.397. The molecule has 0 radical (unpaired) electrons. The van der Waals surface area contributed by atoms with Crippen LogP contribution in [0.5, 0.6) is 11.5 Å². The van der Waals surface area contributed by atoms with E-state index in [1.54, 1.807) is 7.11 Å². The van der Waals surface area contributed by atoms with Gasteiger partial charge in [-0.2, -0.15) is 0 Å². The molecule has 132 valence electrons. The molecule has 0 aliphatic carbocycles. The average molecular weight is 361 g/mol. The molecule has 0 spiro atoms. The van der Waals surface area contributed by atoms with Crippen LogP contribution in [-0.4, -0.2) is 13.7 Å². The van der Waals surface area contributed by atoms with E-state index < -0.39 is 0 Å². The third kappa shape index (κ3) is 7.22. The van der Waals surface area contributed by atoms with Crippen molar-refractivity contribution in [3.63, 3.8) is 0 Å². The van der Waals surface area contributed by atoms with E-state index in [2.05, 4.69) is 20.8 Å². The summed E-state index contributed by atoms with van der Waals surface area (Å²) in [6.07, 6.45) is 4.92. The summed E-state index contributed by atoms with van der Waals surface area (Å²) in [6.45, 7) is 7.56. The molecule has 1 atom stereocenters. The number of alkyl halides is 2. The Bertz CT molecular complexity index is 461. The number of benzene rings is 1. The Labute approximate surface area is 151 Å². The molecule has 1 aromatic rings. The van der Waals surface area contributed by atoms with E-state index in [4.69, 9.17) is 32.7 Å². The van der Waals surface area contributed by atoms with Gasteiger partial charge in [-0.15, -0.1) is 23.2 Å². The average Bonchev–Trinajstić information content (AvgIpc) is 2.53. The summed E-state index contributed by atoms with van der Waals surface area (Å²) in [6, 6.07) is 3.87.